The van der Waals surface area contributed by atoms with Crippen molar-refractivity contribution in [1.82, 2.24) is 0 Å². The van der Waals surface area contributed by atoms with Gasteiger partial charge in [-0.15, -0.1) is 0 Å². The molecule has 0 saturated carbocycles. The molecule has 0 fully saturated rings. The van der Waals surface area contributed by atoms with Crippen molar-refractivity contribution in [2.24, 2.45) is 11.7 Å². The summed E-state index contributed by atoms with van der Waals surface area (Å²) in [5.41, 5.74) is 8.19. The van der Waals surface area contributed by atoms with Crippen LogP contribution in [-0.4, -0.2) is 5.91 Å². The van der Waals surface area contributed by atoms with Crippen LogP contribution in [0.2, 0.25) is 0 Å². The summed E-state index contributed by atoms with van der Waals surface area (Å²) in [7, 11) is 0. The van der Waals surface area contributed by atoms with E-state index < -0.39 is 0 Å². The number of hydrogen-bond acceptors (Lipinski definition) is 1. The topological polar surface area (TPSA) is 43.1 Å². The van der Waals surface area contributed by atoms with E-state index in [-0.39, 0.29) is 5.91 Å². The van der Waals surface area contributed by atoms with Crippen LogP contribution in [-0.2, 0) is 6.42 Å². The fourth-order valence-electron chi connectivity index (χ4n) is 1.57. The summed E-state index contributed by atoms with van der Waals surface area (Å²) in [5, 5.41) is 0. The SMILES string of the molecule is Cc1ccc(C(N)=O)c(CC(C)C)c1. The first-order valence-corrected chi connectivity index (χ1v) is 4.90. The number of aryl methyl sites for hydroxylation is 1. The fourth-order valence-corrected chi connectivity index (χ4v) is 1.57. The largest absolute Gasteiger partial charge is 0.366 e. The lowest BCUT2D eigenvalue weighted by atomic mass is 9.96. The van der Waals surface area contributed by atoms with Crippen LogP contribution in [0.15, 0.2) is 18.2 Å². The van der Waals surface area contributed by atoms with Crippen molar-refractivity contribution in [2.75, 3.05) is 0 Å². The second-order valence-corrected chi connectivity index (χ2v) is 4.12. The molecule has 1 rings (SSSR count). The molecule has 0 atom stereocenters. The van der Waals surface area contributed by atoms with Crippen molar-refractivity contribution in [2.45, 2.75) is 27.2 Å². The molecule has 0 aliphatic rings. The number of primary amides is 1. The highest BCUT2D eigenvalue weighted by molar-refractivity contribution is 5.94. The van der Waals surface area contributed by atoms with Gasteiger partial charge in [-0.05, 0) is 30.9 Å². The highest BCUT2D eigenvalue weighted by Gasteiger charge is 2.09. The van der Waals surface area contributed by atoms with Crippen LogP contribution in [0.1, 0.15) is 35.3 Å². The minimum absolute atomic E-state index is 0.333. The van der Waals surface area contributed by atoms with Gasteiger partial charge < -0.3 is 5.73 Å². The van der Waals surface area contributed by atoms with Crippen molar-refractivity contribution < 1.29 is 4.79 Å². The minimum Gasteiger partial charge on any atom is -0.366 e. The predicted molar refractivity (Wildman–Crippen MR) is 58.2 cm³/mol. The third-order valence-corrected chi connectivity index (χ3v) is 2.15. The number of rotatable bonds is 3. The molecular weight excluding hydrogens is 174 g/mol. The number of amides is 1. The van der Waals surface area contributed by atoms with E-state index in [1.165, 1.54) is 5.56 Å². The lowest BCUT2D eigenvalue weighted by Gasteiger charge is -2.10. The lowest BCUT2D eigenvalue weighted by Crippen LogP contribution is -2.14. The molecule has 0 radical (unpaired) electrons. The second-order valence-electron chi connectivity index (χ2n) is 4.12. The van der Waals surface area contributed by atoms with Crippen molar-refractivity contribution >= 4 is 5.91 Å². The maximum atomic E-state index is 11.1. The van der Waals surface area contributed by atoms with E-state index in [2.05, 4.69) is 13.8 Å². The Hall–Kier alpha value is -1.31. The van der Waals surface area contributed by atoms with Crippen LogP contribution >= 0.6 is 0 Å². The summed E-state index contributed by atoms with van der Waals surface area (Å²) in [6.07, 6.45) is 0.903. The van der Waals surface area contributed by atoms with E-state index in [4.69, 9.17) is 5.73 Å². The average Bonchev–Trinajstić information content (AvgIpc) is 2.01. The zero-order valence-electron chi connectivity index (χ0n) is 9.00. The molecule has 2 N–H and O–H groups in total. The van der Waals surface area contributed by atoms with Gasteiger partial charge in [0.25, 0.3) is 0 Å². The van der Waals surface area contributed by atoms with Gasteiger partial charge in [-0.3, -0.25) is 4.79 Å². The maximum Gasteiger partial charge on any atom is 0.248 e. The van der Waals surface area contributed by atoms with Gasteiger partial charge in [0, 0.05) is 5.56 Å². The molecule has 0 aliphatic heterocycles. The van der Waals surface area contributed by atoms with Gasteiger partial charge in [0.2, 0.25) is 5.91 Å². The fraction of sp³-hybridized carbons (Fsp3) is 0.417. The predicted octanol–water partition coefficient (Wildman–Crippen LogP) is 2.29. The lowest BCUT2D eigenvalue weighted by molar-refractivity contribution is 0.0999. The molecular formula is C12H17NO. The summed E-state index contributed by atoms with van der Waals surface area (Å²) in [5.74, 6) is 0.204. The zero-order valence-corrected chi connectivity index (χ0v) is 9.00. The molecule has 2 heteroatoms. The average molecular weight is 191 g/mol. The van der Waals surface area contributed by atoms with Crippen molar-refractivity contribution in [3.63, 3.8) is 0 Å². The van der Waals surface area contributed by atoms with E-state index >= 15 is 0 Å². The van der Waals surface area contributed by atoms with Gasteiger partial charge in [0.15, 0.2) is 0 Å². The summed E-state index contributed by atoms with van der Waals surface area (Å²) < 4.78 is 0. The smallest absolute Gasteiger partial charge is 0.248 e. The summed E-state index contributed by atoms with van der Waals surface area (Å²) >= 11 is 0. The highest BCUT2D eigenvalue weighted by Crippen LogP contribution is 2.15. The molecule has 1 aromatic carbocycles. The van der Waals surface area contributed by atoms with Crippen LogP contribution in [0.4, 0.5) is 0 Å². The molecule has 76 valence electrons. The van der Waals surface area contributed by atoms with Crippen LogP contribution in [0, 0.1) is 12.8 Å². The summed E-state index contributed by atoms with van der Waals surface area (Å²) in [6, 6.07) is 5.78. The normalized spacial score (nSPS) is 10.6. The van der Waals surface area contributed by atoms with E-state index in [0.29, 0.717) is 11.5 Å². The van der Waals surface area contributed by atoms with Gasteiger partial charge in [-0.2, -0.15) is 0 Å². The Labute approximate surface area is 85.1 Å². The molecule has 0 heterocycles. The molecule has 14 heavy (non-hydrogen) atoms. The molecule has 0 saturated heterocycles. The number of benzene rings is 1. The monoisotopic (exact) mass is 191 g/mol. The molecule has 0 spiro atoms. The number of carbonyl (C=O) groups is 1. The third-order valence-electron chi connectivity index (χ3n) is 2.15. The summed E-state index contributed by atoms with van der Waals surface area (Å²) in [4.78, 5) is 11.1. The van der Waals surface area contributed by atoms with E-state index in [1.807, 2.05) is 25.1 Å². The number of nitrogens with two attached hydrogens (primary N) is 1. The van der Waals surface area contributed by atoms with Gasteiger partial charge >= 0.3 is 0 Å². The van der Waals surface area contributed by atoms with Gasteiger partial charge in [0.05, 0.1) is 0 Å². The first-order valence-electron chi connectivity index (χ1n) is 4.90. The van der Waals surface area contributed by atoms with Gasteiger partial charge in [0.1, 0.15) is 0 Å². The Morgan fingerprint density at radius 2 is 2.07 bits per heavy atom. The Morgan fingerprint density at radius 3 is 2.57 bits per heavy atom. The Bertz CT molecular complexity index is 342. The van der Waals surface area contributed by atoms with Crippen molar-refractivity contribution in [3.05, 3.63) is 34.9 Å². The maximum absolute atomic E-state index is 11.1. The van der Waals surface area contributed by atoms with Crippen LogP contribution in [0.25, 0.3) is 0 Å². The van der Waals surface area contributed by atoms with E-state index in [0.717, 1.165) is 12.0 Å². The molecule has 1 amide bonds. The van der Waals surface area contributed by atoms with Crippen LogP contribution < -0.4 is 5.73 Å². The number of hydrogen-bond donors (Lipinski definition) is 1. The molecule has 1 aromatic rings. The Balaban J connectivity index is 3.09. The second kappa shape index (κ2) is 4.27. The van der Waals surface area contributed by atoms with E-state index in [9.17, 15) is 4.79 Å². The molecule has 0 aromatic heterocycles. The standard InChI is InChI=1S/C12H17NO/c1-8(2)6-10-7-9(3)4-5-11(10)12(13)14/h4-5,7-8H,6H2,1-3H3,(H2,13,14). The minimum atomic E-state index is -0.333. The molecule has 0 aliphatic carbocycles. The zero-order chi connectivity index (χ0) is 10.7. The first kappa shape index (κ1) is 10.8. The van der Waals surface area contributed by atoms with Crippen molar-refractivity contribution in [1.29, 1.82) is 0 Å². The Morgan fingerprint density at radius 1 is 1.43 bits per heavy atom. The van der Waals surface area contributed by atoms with E-state index in [1.54, 1.807) is 0 Å². The molecule has 0 bridgehead atoms. The van der Waals surface area contributed by atoms with Crippen LogP contribution in [0.5, 0.6) is 0 Å². The highest BCUT2D eigenvalue weighted by atomic mass is 16.1. The third kappa shape index (κ3) is 2.59. The summed E-state index contributed by atoms with van der Waals surface area (Å²) in [6.45, 7) is 6.29. The van der Waals surface area contributed by atoms with Crippen molar-refractivity contribution in [3.8, 4) is 0 Å². The number of carbonyl (C=O) groups excluding carboxylic acids is 1. The van der Waals surface area contributed by atoms with Gasteiger partial charge in [-0.1, -0.05) is 31.5 Å². The molecule has 0 unspecified atom stereocenters. The van der Waals surface area contributed by atoms with Gasteiger partial charge in [-0.25, -0.2) is 0 Å². The first-order chi connectivity index (χ1) is 6.50. The molecule has 2 nitrogen and oxygen atoms in total. The Kier molecular flexibility index (Phi) is 3.28. The quantitative estimate of drug-likeness (QED) is 0.782. The van der Waals surface area contributed by atoms with Crippen LogP contribution in [0.3, 0.4) is 0 Å².